The zero-order chi connectivity index (χ0) is 18.4. The molecule has 0 aliphatic heterocycles. The van der Waals surface area contributed by atoms with Crippen LogP contribution in [0.1, 0.15) is 44.9 Å². The molecule has 0 amide bonds. The molecule has 0 aromatic carbocycles. The van der Waals surface area contributed by atoms with E-state index in [1.54, 1.807) is 13.1 Å². The summed E-state index contributed by atoms with van der Waals surface area (Å²) in [6.45, 7) is 14.5. The van der Waals surface area contributed by atoms with Gasteiger partial charge in [0.2, 0.25) is 0 Å². The highest BCUT2D eigenvalue weighted by atomic mass is 28.4. The van der Waals surface area contributed by atoms with Gasteiger partial charge in [-0.3, -0.25) is 9.78 Å². The molecule has 24 heavy (non-hydrogen) atoms. The van der Waals surface area contributed by atoms with Gasteiger partial charge in [-0.25, -0.2) is 0 Å². The Kier molecular flexibility index (Phi) is 7.57. The van der Waals surface area contributed by atoms with Gasteiger partial charge in [-0.2, -0.15) is 0 Å². The second-order valence-electron chi connectivity index (χ2n) is 7.49. The van der Waals surface area contributed by atoms with Crippen LogP contribution in [0.15, 0.2) is 18.3 Å². The number of carbonyl (C=O) groups is 1. The summed E-state index contributed by atoms with van der Waals surface area (Å²) >= 11 is 0. The normalized spacial score (nSPS) is 13.6. The van der Waals surface area contributed by atoms with Crippen LogP contribution >= 0.6 is 0 Å². The largest absolute Gasteiger partial charge is 0.469 e. The molecule has 0 saturated heterocycles. The van der Waals surface area contributed by atoms with Crippen LogP contribution in [-0.2, 0) is 25.3 Å². The predicted octanol–water partition coefficient (Wildman–Crippen LogP) is 3.90. The Bertz CT molecular complexity index is 523. The lowest BCUT2D eigenvalue weighted by Crippen LogP contribution is -2.41. The molecule has 0 N–H and O–H groups in total. The van der Waals surface area contributed by atoms with Gasteiger partial charge in [0.15, 0.2) is 8.32 Å². The fourth-order valence-electron chi connectivity index (χ4n) is 1.84. The molecule has 1 aromatic rings. The number of pyridine rings is 1. The molecule has 0 unspecified atom stereocenters. The van der Waals surface area contributed by atoms with Crippen molar-refractivity contribution in [1.29, 1.82) is 0 Å². The van der Waals surface area contributed by atoms with Crippen LogP contribution in [-0.4, -0.2) is 39.6 Å². The van der Waals surface area contributed by atoms with Crippen molar-refractivity contribution < 1.29 is 18.7 Å². The van der Waals surface area contributed by atoms with Gasteiger partial charge < -0.3 is 13.9 Å². The second kappa shape index (κ2) is 8.74. The maximum atomic E-state index is 11.5. The van der Waals surface area contributed by atoms with E-state index in [1.807, 2.05) is 12.1 Å². The summed E-state index contributed by atoms with van der Waals surface area (Å²) in [5.74, 6) is -0.570. The Morgan fingerprint density at radius 2 is 1.92 bits per heavy atom. The summed E-state index contributed by atoms with van der Waals surface area (Å²) in [4.78, 5) is 15.8. The Hall–Kier alpha value is -1.24. The molecule has 0 aliphatic rings. The maximum Gasteiger partial charge on any atom is 0.312 e. The Morgan fingerprint density at radius 1 is 1.25 bits per heavy atom. The monoisotopic (exact) mass is 353 g/mol. The van der Waals surface area contributed by atoms with Crippen molar-refractivity contribution in [3.8, 4) is 0 Å². The van der Waals surface area contributed by atoms with Crippen molar-refractivity contribution in [2.24, 2.45) is 0 Å². The highest BCUT2D eigenvalue weighted by Crippen LogP contribution is 2.36. The Labute approximate surface area is 146 Å². The Morgan fingerprint density at radius 3 is 2.42 bits per heavy atom. The molecule has 1 heterocycles. The van der Waals surface area contributed by atoms with Crippen molar-refractivity contribution in [3.63, 3.8) is 0 Å². The SMILES string of the molecule is COC(=O)[C@H](C)c1ccc(COCCO[Si](C)(C)C(C)(C)C)nc1. The van der Waals surface area contributed by atoms with E-state index in [1.165, 1.54) is 7.11 Å². The van der Waals surface area contributed by atoms with E-state index in [2.05, 4.69) is 38.8 Å². The van der Waals surface area contributed by atoms with Crippen LogP contribution in [0.4, 0.5) is 0 Å². The molecule has 6 heteroatoms. The number of ether oxygens (including phenoxy) is 2. The minimum Gasteiger partial charge on any atom is -0.469 e. The first kappa shape index (κ1) is 20.8. The van der Waals surface area contributed by atoms with Gasteiger partial charge in [-0.15, -0.1) is 0 Å². The van der Waals surface area contributed by atoms with Crippen LogP contribution in [0.2, 0.25) is 18.1 Å². The van der Waals surface area contributed by atoms with Gasteiger partial charge in [0.25, 0.3) is 0 Å². The second-order valence-corrected chi connectivity index (χ2v) is 12.3. The minimum absolute atomic E-state index is 0.209. The number of methoxy groups -OCH3 is 1. The zero-order valence-corrected chi connectivity index (χ0v) is 17.0. The fourth-order valence-corrected chi connectivity index (χ4v) is 2.87. The molecule has 0 bridgehead atoms. The topological polar surface area (TPSA) is 57.7 Å². The molecule has 0 saturated carbocycles. The van der Waals surface area contributed by atoms with E-state index in [-0.39, 0.29) is 16.9 Å². The van der Waals surface area contributed by atoms with E-state index < -0.39 is 8.32 Å². The van der Waals surface area contributed by atoms with Crippen molar-refractivity contribution in [2.75, 3.05) is 20.3 Å². The van der Waals surface area contributed by atoms with Crippen LogP contribution in [0.25, 0.3) is 0 Å². The van der Waals surface area contributed by atoms with Crippen molar-refractivity contribution in [2.45, 2.75) is 58.4 Å². The lowest BCUT2D eigenvalue weighted by Gasteiger charge is -2.36. The molecule has 5 nitrogen and oxygen atoms in total. The molecule has 0 fully saturated rings. The lowest BCUT2D eigenvalue weighted by atomic mass is 10.0. The van der Waals surface area contributed by atoms with Crippen molar-refractivity contribution >= 4 is 14.3 Å². The molecule has 0 radical (unpaired) electrons. The zero-order valence-electron chi connectivity index (χ0n) is 16.0. The molecule has 136 valence electrons. The minimum atomic E-state index is -1.71. The Balaban J connectivity index is 2.38. The average molecular weight is 354 g/mol. The predicted molar refractivity (Wildman–Crippen MR) is 97.5 cm³/mol. The van der Waals surface area contributed by atoms with E-state index in [0.717, 1.165) is 11.3 Å². The lowest BCUT2D eigenvalue weighted by molar-refractivity contribution is -0.142. The van der Waals surface area contributed by atoms with Gasteiger partial charge >= 0.3 is 5.97 Å². The molecular formula is C18H31NO4Si. The summed E-state index contributed by atoms with van der Waals surface area (Å²) < 4.78 is 16.4. The quantitative estimate of drug-likeness (QED) is 0.403. The van der Waals surface area contributed by atoms with Gasteiger partial charge in [0.1, 0.15) is 0 Å². The van der Waals surface area contributed by atoms with Crippen LogP contribution in [0, 0.1) is 0 Å². The fraction of sp³-hybridized carbons (Fsp3) is 0.667. The number of aromatic nitrogens is 1. The smallest absolute Gasteiger partial charge is 0.312 e. The average Bonchev–Trinajstić information content (AvgIpc) is 2.52. The summed E-state index contributed by atoms with van der Waals surface area (Å²) in [5.41, 5.74) is 1.68. The molecule has 0 aliphatic carbocycles. The number of hydrogen-bond acceptors (Lipinski definition) is 5. The molecule has 1 atom stereocenters. The maximum absolute atomic E-state index is 11.5. The number of rotatable bonds is 8. The van der Waals surface area contributed by atoms with Gasteiger partial charge in [-0.1, -0.05) is 26.8 Å². The summed E-state index contributed by atoms with van der Waals surface area (Å²) in [6, 6.07) is 3.77. The summed E-state index contributed by atoms with van der Waals surface area (Å²) in [5, 5.41) is 0.209. The van der Waals surface area contributed by atoms with Gasteiger partial charge in [0, 0.05) is 6.20 Å². The first-order valence-corrected chi connectivity index (χ1v) is 11.2. The first-order chi connectivity index (χ1) is 11.1. The van der Waals surface area contributed by atoms with E-state index in [0.29, 0.717) is 19.8 Å². The molecule has 0 spiro atoms. The van der Waals surface area contributed by atoms with E-state index >= 15 is 0 Å². The first-order valence-electron chi connectivity index (χ1n) is 8.33. The van der Waals surface area contributed by atoms with Crippen LogP contribution < -0.4 is 0 Å². The highest BCUT2D eigenvalue weighted by molar-refractivity contribution is 6.74. The van der Waals surface area contributed by atoms with Crippen molar-refractivity contribution in [3.05, 3.63) is 29.6 Å². The number of nitrogens with zero attached hydrogens (tertiary/aromatic N) is 1. The highest BCUT2D eigenvalue weighted by Gasteiger charge is 2.36. The third-order valence-electron chi connectivity index (χ3n) is 4.65. The molecular weight excluding hydrogens is 322 g/mol. The third kappa shape index (κ3) is 6.00. The standard InChI is InChI=1S/C18H31NO4Si/c1-14(17(20)21-5)15-8-9-16(19-12-15)13-22-10-11-23-24(6,7)18(2,3)4/h8-9,12,14H,10-11,13H2,1-7H3/t14-/m1/s1. The number of carbonyl (C=O) groups excluding carboxylic acids is 1. The molecule has 1 aromatic heterocycles. The molecule has 1 rings (SSSR count). The van der Waals surface area contributed by atoms with Crippen molar-refractivity contribution in [1.82, 2.24) is 4.98 Å². The van der Waals surface area contributed by atoms with Crippen LogP contribution in [0.3, 0.4) is 0 Å². The summed E-state index contributed by atoms with van der Waals surface area (Å²) in [7, 11) is -0.319. The van der Waals surface area contributed by atoms with Gasteiger partial charge in [-0.05, 0) is 36.7 Å². The van der Waals surface area contributed by atoms with E-state index in [4.69, 9.17) is 13.9 Å². The third-order valence-corrected chi connectivity index (χ3v) is 9.19. The van der Waals surface area contributed by atoms with Gasteiger partial charge in [0.05, 0.1) is 38.5 Å². The summed E-state index contributed by atoms with van der Waals surface area (Å²) in [6.07, 6.45) is 1.70. The number of esters is 1. The number of hydrogen-bond donors (Lipinski definition) is 0. The van der Waals surface area contributed by atoms with E-state index in [9.17, 15) is 4.79 Å². The van der Waals surface area contributed by atoms with Crippen LogP contribution in [0.5, 0.6) is 0 Å².